The van der Waals surface area contributed by atoms with Crippen molar-refractivity contribution in [2.45, 2.75) is 39.1 Å². The SMILES string of the molecule is CC(C)Oc1cccc(/C(O)=C2/C(=O)C(=O)N(Cc3ccco3)C2c2cccc(OCc3ccccc3)c2)c1. The van der Waals surface area contributed by atoms with Crippen molar-refractivity contribution >= 4 is 17.4 Å². The van der Waals surface area contributed by atoms with Gasteiger partial charge < -0.3 is 23.9 Å². The fourth-order valence-electron chi connectivity index (χ4n) is 4.62. The molecule has 1 aliphatic heterocycles. The summed E-state index contributed by atoms with van der Waals surface area (Å²) in [6, 6.07) is 26.4. The average molecular weight is 524 g/mol. The van der Waals surface area contributed by atoms with Crippen molar-refractivity contribution in [2.24, 2.45) is 0 Å². The fraction of sp³-hybridized carbons (Fsp3) is 0.188. The van der Waals surface area contributed by atoms with Crippen LogP contribution in [0.2, 0.25) is 0 Å². The number of amides is 1. The Hall–Kier alpha value is -4.78. The Kier molecular flexibility index (Phi) is 7.50. The number of ether oxygens (including phenoxy) is 2. The first kappa shape index (κ1) is 25.9. The molecule has 0 aliphatic carbocycles. The molecular weight excluding hydrogens is 494 g/mol. The largest absolute Gasteiger partial charge is 0.507 e. The second kappa shape index (κ2) is 11.3. The Morgan fingerprint density at radius 1 is 0.923 bits per heavy atom. The molecule has 0 saturated carbocycles. The lowest BCUT2D eigenvalue weighted by Crippen LogP contribution is -2.29. The number of carbonyl (C=O) groups is 2. The van der Waals surface area contributed by atoms with Gasteiger partial charge in [0.05, 0.1) is 30.5 Å². The molecule has 39 heavy (non-hydrogen) atoms. The standard InChI is InChI=1S/C32H29NO6/c1-21(2)39-26-14-7-12-24(18-26)30(34)28-29(33(32(36)31(28)35)19-27-15-8-16-37-27)23-11-6-13-25(17-23)38-20-22-9-4-3-5-10-22/h3-18,21,29,34H,19-20H2,1-2H3/b30-28-. The van der Waals surface area contributed by atoms with E-state index in [0.29, 0.717) is 35.0 Å². The zero-order chi connectivity index (χ0) is 27.4. The van der Waals surface area contributed by atoms with Crippen molar-refractivity contribution in [1.82, 2.24) is 4.90 Å². The van der Waals surface area contributed by atoms with Crippen LogP contribution in [0.1, 0.15) is 42.3 Å². The molecule has 3 aromatic carbocycles. The molecule has 7 nitrogen and oxygen atoms in total. The van der Waals surface area contributed by atoms with E-state index in [4.69, 9.17) is 13.9 Å². The van der Waals surface area contributed by atoms with Gasteiger partial charge in [-0.25, -0.2) is 0 Å². The van der Waals surface area contributed by atoms with E-state index in [2.05, 4.69) is 0 Å². The number of carbonyl (C=O) groups excluding carboxylic acids is 2. The van der Waals surface area contributed by atoms with Crippen LogP contribution in [-0.2, 0) is 22.7 Å². The first-order valence-corrected chi connectivity index (χ1v) is 12.8. The molecule has 198 valence electrons. The molecule has 1 N–H and O–H groups in total. The summed E-state index contributed by atoms with van der Waals surface area (Å²) in [4.78, 5) is 28.1. The zero-order valence-corrected chi connectivity index (χ0v) is 21.7. The molecule has 1 aliphatic rings. The molecule has 1 saturated heterocycles. The van der Waals surface area contributed by atoms with Crippen LogP contribution in [0.25, 0.3) is 5.76 Å². The highest BCUT2D eigenvalue weighted by atomic mass is 16.5. The van der Waals surface area contributed by atoms with Gasteiger partial charge in [-0.2, -0.15) is 0 Å². The molecule has 1 atom stereocenters. The quantitative estimate of drug-likeness (QED) is 0.158. The van der Waals surface area contributed by atoms with Gasteiger partial charge in [-0.15, -0.1) is 0 Å². The van der Waals surface area contributed by atoms with E-state index >= 15 is 0 Å². The average Bonchev–Trinajstić information content (AvgIpc) is 3.54. The Bertz CT molecular complexity index is 1490. The van der Waals surface area contributed by atoms with Crippen LogP contribution in [0.5, 0.6) is 11.5 Å². The minimum atomic E-state index is -0.856. The minimum absolute atomic E-state index is 0.00605. The van der Waals surface area contributed by atoms with Crippen molar-refractivity contribution in [1.29, 1.82) is 0 Å². The van der Waals surface area contributed by atoms with Crippen molar-refractivity contribution in [3.63, 3.8) is 0 Å². The summed E-state index contributed by atoms with van der Waals surface area (Å²) < 4.78 is 17.3. The molecular formula is C32H29NO6. The van der Waals surface area contributed by atoms with Gasteiger partial charge in [-0.1, -0.05) is 54.6 Å². The predicted molar refractivity (Wildman–Crippen MR) is 146 cm³/mol. The molecule has 4 aromatic rings. The van der Waals surface area contributed by atoms with E-state index in [1.165, 1.54) is 11.2 Å². The summed E-state index contributed by atoms with van der Waals surface area (Å²) in [7, 11) is 0. The molecule has 1 unspecified atom stereocenters. The Labute approximate surface area is 226 Å². The molecule has 2 heterocycles. The van der Waals surface area contributed by atoms with Gasteiger partial charge in [-0.05, 0) is 61.4 Å². The number of nitrogens with zero attached hydrogens (tertiary/aromatic N) is 1. The Morgan fingerprint density at radius 2 is 1.69 bits per heavy atom. The third-order valence-electron chi connectivity index (χ3n) is 6.35. The van der Waals surface area contributed by atoms with Gasteiger partial charge in [-0.3, -0.25) is 9.59 Å². The zero-order valence-electron chi connectivity index (χ0n) is 21.7. The molecule has 1 fully saturated rings. The van der Waals surface area contributed by atoms with Gasteiger partial charge in [0.15, 0.2) is 0 Å². The lowest BCUT2D eigenvalue weighted by molar-refractivity contribution is -0.140. The van der Waals surface area contributed by atoms with Gasteiger partial charge in [0.2, 0.25) is 0 Å². The highest BCUT2D eigenvalue weighted by Crippen LogP contribution is 2.41. The normalized spacial score (nSPS) is 16.6. The highest BCUT2D eigenvalue weighted by Gasteiger charge is 2.46. The number of likely N-dealkylation sites (tertiary alicyclic amines) is 1. The number of ketones is 1. The monoisotopic (exact) mass is 523 g/mol. The van der Waals surface area contributed by atoms with Crippen LogP contribution < -0.4 is 9.47 Å². The number of hydrogen-bond acceptors (Lipinski definition) is 6. The van der Waals surface area contributed by atoms with Crippen LogP contribution in [0.15, 0.2) is 107 Å². The number of rotatable bonds is 9. The van der Waals surface area contributed by atoms with E-state index in [1.807, 2.05) is 56.3 Å². The first-order valence-electron chi connectivity index (χ1n) is 12.8. The maximum atomic E-state index is 13.4. The van der Waals surface area contributed by atoms with Crippen LogP contribution in [0, 0.1) is 0 Å². The van der Waals surface area contributed by atoms with Crippen LogP contribution in [-0.4, -0.2) is 27.8 Å². The predicted octanol–water partition coefficient (Wildman–Crippen LogP) is 6.27. The second-order valence-corrected chi connectivity index (χ2v) is 9.55. The van der Waals surface area contributed by atoms with Gasteiger partial charge in [0, 0.05) is 5.56 Å². The van der Waals surface area contributed by atoms with Crippen molar-refractivity contribution in [3.05, 3.63) is 125 Å². The topological polar surface area (TPSA) is 89.2 Å². The molecule has 0 bridgehead atoms. The third-order valence-corrected chi connectivity index (χ3v) is 6.35. The fourth-order valence-corrected chi connectivity index (χ4v) is 4.62. The first-order chi connectivity index (χ1) is 18.9. The maximum absolute atomic E-state index is 13.4. The Balaban J connectivity index is 1.55. The van der Waals surface area contributed by atoms with Gasteiger partial charge in [0.1, 0.15) is 29.6 Å². The summed E-state index contributed by atoms with van der Waals surface area (Å²) in [5, 5.41) is 11.4. The van der Waals surface area contributed by atoms with E-state index in [9.17, 15) is 14.7 Å². The number of furan rings is 1. The number of Topliss-reactive ketones (excluding diaryl/α,β-unsaturated/α-hetero) is 1. The third kappa shape index (κ3) is 5.72. The highest BCUT2D eigenvalue weighted by molar-refractivity contribution is 6.46. The lowest BCUT2D eigenvalue weighted by Gasteiger charge is -2.25. The summed E-state index contributed by atoms with van der Waals surface area (Å²) >= 11 is 0. The summed E-state index contributed by atoms with van der Waals surface area (Å²) in [5.74, 6) is -0.118. The lowest BCUT2D eigenvalue weighted by atomic mass is 9.95. The van der Waals surface area contributed by atoms with Crippen molar-refractivity contribution < 1.29 is 28.6 Å². The molecule has 5 rings (SSSR count). The van der Waals surface area contributed by atoms with Crippen LogP contribution in [0.3, 0.4) is 0 Å². The van der Waals surface area contributed by atoms with E-state index in [1.54, 1.807) is 48.5 Å². The molecule has 0 spiro atoms. The minimum Gasteiger partial charge on any atom is -0.507 e. The number of aliphatic hydroxyl groups excluding tert-OH is 1. The van der Waals surface area contributed by atoms with Crippen molar-refractivity contribution in [2.75, 3.05) is 0 Å². The van der Waals surface area contributed by atoms with E-state index in [-0.39, 0.29) is 24.0 Å². The van der Waals surface area contributed by atoms with Crippen LogP contribution >= 0.6 is 0 Å². The number of aliphatic hydroxyl groups is 1. The second-order valence-electron chi connectivity index (χ2n) is 9.55. The van der Waals surface area contributed by atoms with Gasteiger partial charge in [0.25, 0.3) is 11.7 Å². The molecule has 7 heteroatoms. The van der Waals surface area contributed by atoms with Gasteiger partial charge >= 0.3 is 0 Å². The smallest absolute Gasteiger partial charge is 0.296 e. The van der Waals surface area contributed by atoms with E-state index in [0.717, 1.165) is 5.56 Å². The summed E-state index contributed by atoms with van der Waals surface area (Å²) in [5.41, 5.74) is 2.01. The summed E-state index contributed by atoms with van der Waals surface area (Å²) in [6.07, 6.45) is 1.44. The molecule has 0 radical (unpaired) electrons. The van der Waals surface area contributed by atoms with E-state index < -0.39 is 17.7 Å². The number of hydrogen-bond donors (Lipinski definition) is 1. The molecule has 1 aromatic heterocycles. The summed E-state index contributed by atoms with van der Waals surface area (Å²) in [6.45, 7) is 4.23. The maximum Gasteiger partial charge on any atom is 0.296 e. The number of benzene rings is 3. The van der Waals surface area contributed by atoms with Crippen molar-refractivity contribution in [3.8, 4) is 11.5 Å². The Morgan fingerprint density at radius 3 is 2.44 bits per heavy atom. The molecule has 1 amide bonds. The van der Waals surface area contributed by atoms with Crippen LogP contribution in [0.4, 0.5) is 0 Å².